The molecule has 0 aromatic heterocycles. The van der Waals surface area contributed by atoms with Crippen molar-refractivity contribution < 1.29 is 4.57 Å². The molecule has 3 N–H and O–H groups in total. The Morgan fingerprint density at radius 2 is 0.739 bits per heavy atom. The van der Waals surface area contributed by atoms with Gasteiger partial charge in [-0.3, -0.25) is 4.57 Å². The van der Waals surface area contributed by atoms with E-state index < -0.39 is 7.59 Å². The molecule has 0 bridgehead atoms. The van der Waals surface area contributed by atoms with E-state index in [4.69, 9.17) is 0 Å². The fourth-order valence-corrected chi connectivity index (χ4v) is 3.87. The third kappa shape index (κ3) is 4.38. The Morgan fingerprint density at radius 1 is 0.478 bits per heavy atom. The first-order chi connectivity index (χ1) is 11.2. The molecule has 0 unspecified atom stereocenters. The smallest absolute Gasteiger partial charge is 0.304 e. The second-order valence-electron chi connectivity index (χ2n) is 5.04. The summed E-state index contributed by atoms with van der Waals surface area (Å²) in [6.07, 6.45) is 0. The minimum absolute atomic E-state index is 0.780. The van der Waals surface area contributed by atoms with Crippen LogP contribution in [-0.4, -0.2) is 0 Å². The number of benzene rings is 3. The second kappa shape index (κ2) is 7.03. The Kier molecular flexibility index (Phi) is 4.65. The lowest BCUT2D eigenvalue weighted by Gasteiger charge is -2.24. The van der Waals surface area contributed by atoms with Gasteiger partial charge < -0.3 is 15.3 Å². The number of anilines is 3. The van der Waals surface area contributed by atoms with Crippen LogP contribution in [0.5, 0.6) is 0 Å². The zero-order chi connectivity index (χ0) is 16.0. The summed E-state index contributed by atoms with van der Waals surface area (Å²) in [6.45, 7) is 0. The zero-order valence-corrected chi connectivity index (χ0v) is 13.4. The maximum Gasteiger partial charge on any atom is 0.352 e. The number of hydrogen-bond acceptors (Lipinski definition) is 1. The van der Waals surface area contributed by atoms with Gasteiger partial charge in [-0.2, -0.15) is 0 Å². The summed E-state index contributed by atoms with van der Waals surface area (Å²) in [5.41, 5.74) is 2.34. The molecule has 0 radical (unpaired) electrons. The summed E-state index contributed by atoms with van der Waals surface area (Å²) in [6, 6.07) is 28.5. The van der Waals surface area contributed by atoms with Crippen LogP contribution in [-0.2, 0) is 4.57 Å². The van der Waals surface area contributed by atoms with Gasteiger partial charge in [0, 0.05) is 17.1 Å². The van der Waals surface area contributed by atoms with Gasteiger partial charge in [0.05, 0.1) is 0 Å². The van der Waals surface area contributed by atoms with Crippen molar-refractivity contribution in [3.05, 3.63) is 91.0 Å². The molecule has 4 nitrogen and oxygen atoms in total. The predicted octanol–water partition coefficient (Wildman–Crippen LogP) is 5.43. The van der Waals surface area contributed by atoms with E-state index in [1.807, 2.05) is 91.0 Å². The van der Waals surface area contributed by atoms with Crippen LogP contribution < -0.4 is 15.3 Å². The molecule has 0 aliphatic carbocycles. The summed E-state index contributed by atoms with van der Waals surface area (Å²) in [7, 11) is -3.14. The summed E-state index contributed by atoms with van der Waals surface area (Å²) in [4.78, 5) is 0. The molecule has 0 fully saturated rings. The average molecular weight is 323 g/mol. The Balaban J connectivity index is 1.87. The number of rotatable bonds is 6. The normalized spacial score (nSPS) is 10.8. The van der Waals surface area contributed by atoms with Crippen LogP contribution in [0.15, 0.2) is 91.0 Å². The Morgan fingerprint density at radius 3 is 1.00 bits per heavy atom. The molecular formula is C18H18N3OP. The second-order valence-corrected chi connectivity index (χ2v) is 6.93. The first-order valence-corrected chi connectivity index (χ1v) is 9.04. The van der Waals surface area contributed by atoms with Crippen LogP contribution in [0.3, 0.4) is 0 Å². The van der Waals surface area contributed by atoms with Crippen molar-refractivity contribution in [3.8, 4) is 0 Å². The fraction of sp³-hybridized carbons (Fsp3) is 0. The number of hydrogen-bond donors (Lipinski definition) is 3. The van der Waals surface area contributed by atoms with Crippen molar-refractivity contribution >= 4 is 24.7 Å². The van der Waals surface area contributed by atoms with E-state index in [-0.39, 0.29) is 0 Å². The standard InChI is InChI=1S/C18H18N3OP/c22-23(19-16-10-4-1-5-11-16,20-17-12-6-2-7-13-17)21-18-14-8-3-9-15-18/h1-15H,(H3,19,20,21,22). The van der Waals surface area contributed by atoms with E-state index in [0.717, 1.165) is 17.1 Å². The predicted molar refractivity (Wildman–Crippen MR) is 97.8 cm³/mol. The van der Waals surface area contributed by atoms with Crippen LogP contribution in [0.4, 0.5) is 17.1 Å². The molecule has 5 heteroatoms. The van der Waals surface area contributed by atoms with Gasteiger partial charge in [-0.25, -0.2) is 0 Å². The zero-order valence-electron chi connectivity index (χ0n) is 12.5. The van der Waals surface area contributed by atoms with E-state index in [1.54, 1.807) is 0 Å². The molecule has 0 saturated heterocycles. The van der Waals surface area contributed by atoms with Gasteiger partial charge in [-0.15, -0.1) is 0 Å². The molecule has 0 saturated carbocycles. The highest BCUT2D eigenvalue weighted by atomic mass is 31.2. The molecule has 0 aliphatic heterocycles. The molecule has 23 heavy (non-hydrogen) atoms. The molecule has 0 spiro atoms. The summed E-state index contributed by atoms with van der Waals surface area (Å²) >= 11 is 0. The molecule has 3 aromatic rings. The summed E-state index contributed by atoms with van der Waals surface area (Å²) < 4.78 is 13.4. The van der Waals surface area contributed by atoms with E-state index in [2.05, 4.69) is 15.3 Å². The van der Waals surface area contributed by atoms with Gasteiger partial charge in [-0.1, -0.05) is 54.6 Å². The molecule has 0 aliphatic rings. The van der Waals surface area contributed by atoms with Gasteiger partial charge in [0.25, 0.3) is 0 Å². The van der Waals surface area contributed by atoms with E-state index >= 15 is 0 Å². The highest BCUT2D eigenvalue weighted by molar-refractivity contribution is 7.68. The molecule has 3 aromatic carbocycles. The number of nitrogens with one attached hydrogen (secondary N) is 3. The van der Waals surface area contributed by atoms with Crippen molar-refractivity contribution in [2.45, 2.75) is 0 Å². The maximum absolute atomic E-state index is 13.4. The van der Waals surface area contributed by atoms with Crippen LogP contribution in [0.1, 0.15) is 0 Å². The summed E-state index contributed by atoms with van der Waals surface area (Å²) in [5.74, 6) is 0. The lowest BCUT2D eigenvalue weighted by atomic mass is 10.3. The first kappa shape index (κ1) is 15.2. The minimum atomic E-state index is -3.14. The van der Waals surface area contributed by atoms with Gasteiger partial charge in [0.2, 0.25) is 0 Å². The van der Waals surface area contributed by atoms with Crippen LogP contribution in [0, 0.1) is 0 Å². The van der Waals surface area contributed by atoms with Crippen LogP contribution in [0.25, 0.3) is 0 Å². The lowest BCUT2D eigenvalue weighted by molar-refractivity contribution is 0.585. The Labute approximate surface area is 136 Å². The maximum atomic E-state index is 13.4. The van der Waals surface area contributed by atoms with Gasteiger partial charge in [0.1, 0.15) is 0 Å². The molecule has 116 valence electrons. The first-order valence-electron chi connectivity index (χ1n) is 7.34. The quantitative estimate of drug-likeness (QED) is 0.529. The Hall–Kier alpha value is -2.71. The van der Waals surface area contributed by atoms with Crippen molar-refractivity contribution in [2.75, 3.05) is 15.3 Å². The third-order valence-electron chi connectivity index (χ3n) is 3.18. The SMILES string of the molecule is O=P(Nc1ccccc1)(Nc1ccccc1)Nc1ccccc1. The minimum Gasteiger partial charge on any atom is -0.304 e. The van der Waals surface area contributed by atoms with Gasteiger partial charge in [0.15, 0.2) is 0 Å². The van der Waals surface area contributed by atoms with Gasteiger partial charge >= 0.3 is 7.59 Å². The van der Waals surface area contributed by atoms with Crippen molar-refractivity contribution in [3.63, 3.8) is 0 Å². The van der Waals surface area contributed by atoms with Crippen molar-refractivity contribution in [1.82, 2.24) is 0 Å². The average Bonchev–Trinajstić information content (AvgIpc) is 2.57. The van der Waals surface area contributed by atoms with Crippen molar-refractivity contribution in [1.29, 1.82) is 0 Å². The fourth-order valence-electron chi connectivity index (χ4n) is 2.17. The Bertz CT molecular complexity index is 671. The highest BCUT2D eigenvalue weighted by Gasteiger charge is 2.22. The van der Waals surface area contributed by atoms with Gasteiger partial charge in [-0.05, 0) is 36.4 Å². The van der Waals surface area contributed by atoms with E-state index in [9.17, 15) is 4.57 Å². The van der Waals surface area contributed by atoms with Crippen LogP contribution in [0.2, 0.25) is 0 Å². The topological polar surface area (TPSA) is 53.2 Å². The molecule has 0 heterocycles. The highest BCUT2D eigenvalue weighted by Crippen LogP contribution is 2.45. The third-order valence-corrected chi connectivity index (χ3v) is 4.90. The van der Waals surface area contributed by atoms with E-state index in [1.165, 1.54) is 0 Å². The van der Waals surface area contributed by atoms with Crippen LogP contribution >= 0.6 is 7.59 Å². The largest absolute Gasteiger partial charge is 0.352 e. The molecule has 0 atom stereocenters. The molecule has 3 rings (SSSR count). The monoisotopic (exact) mass is 323 g/mol. The molecule has 0 amide bonds. The van der Waals surface area contributed by atoms with Crippen molar-refractivity contribution in [2.24, 2.45) is 0 Å². The van der Waals surface area contributed by atoms with E-state index in [0.29, 0.717) is 0 Å². The summed E-state index contributed by atoms with van der Waals surface area (Å²) in [5, 5.41) is 9.26. The number of para-hydroxylation sites is 3. The lowest BCUT2D eigenvalue weighted by Crippen LogP contribution is -2.13. The molecular weight excluding hydrogens is 305 g/mol.